The van der Waals surface area contributed by atoms with Gasteiger partial charge in [-0.05, 0) is 122 Å². The number of hydrogen-bond donors (Lipinski definition) is 0. The van der Waals surface area contributed by atoms with E-state index in [0.717, 1.165) is 122 Å². The smallest absolute Gasteiger partial charge is 0.306 e. The molecule has 0 heterocycles. The molecule has 0 spiro atoms. The number of carbonyl (C=O) groups is 3. The zero-order chi connectivity index (χ0) is 59.2. The zero-order valence-corrected chi connectivity index (χ0v) is 54.2. The van der Waals surface area contributed by atoms with Crippen LogP contribution in [-0.4, -0.2) is 37.2 Å². The number of hydrogen-bond acceptors (Lipinski definition) is 6. The van der Waals surface area contributed by atoms with Crippen LogP contribution in [0.25, 0.3) is 0 Å². The van der Waals surface area contributed by atoms with Gasteiger partial charge in [0.25, 0.3) is 0 Å². The molecule has 0 saturated heterocycles. The fourth-order valence-electron chi connectivity index (χ4n) is 10.0. The molecule has 0 amide bonds. The standard InChI is InChI=1S/C76H132O6/c1-4-7-10-13-16-19-22-25-28-31-33-34-35-36-37-38-39-40-41-42-44-45-48-51-54-57-60-63-66-69-75(78)81-72-73(71-80-74(77)68-65-62-59-56-53-50-47-30-27-24-21-18-15-12-9-6-3)82-76(79)70-67-64-61-58-55-52-49-46-43-32-29-26-23-20-17-14-11-8-5-2/h8,11,17,20-22,24-26,29-31,33,43,46-47,73H,4-7,9-10,12-16,18-19,23,27-28,32,34-42,44-45,48-72H2,1-3H3/b11-8-,20-17-,24-21-,25-22-,29-26-,33-31-,46-43-,47-30-. The summed E-state index contributed by atoms with van der Waals surface area (Å²) in [5.74, 6) is -0.899. The van der Waals surface area contributed by atoms with Crippen molar-refractivity contribution < 1.29 is 28.6 Å². The van der Waals surface area contributed by atoms with Gasteiger partial charge < -0.3 is 14.2 Å². The minimum Gasteiger partial charge on any atom is -0.462 e. The van der Waals surface area contributed by atoms with E-state index >= 15 is 0 Å². The van der Waals surface area contributed by atoms with E-state index in [0.29, 0.717) is 19.3 Å². The first kappa shape index (κ1) is 78.3. The predicted molar refractivity (Wildman–Crippen MR) is 357 cm³/mol. The van der Waals surface area contributed by atoms with Crippen molar-refractivity contribution in [3.05, 3.63) is 97.2 Å². The van der Waals surface area contributed by atoms with Crippen LogP contribution >= 0.6 is 0 Å². The fourth-order valence-corrected chi connectivity index (χ4v) is 10.0. The number of carbonyl (C=O) groups excluding carboxylic acids is 3. The van der Waals surface area contributed by atoms with Gasteiger partial charge >= 0.3 is 17.9 Å². The predicted octanol–water partition coefficient (Wildman–Crippen LogP) is 24.4. The Kier molecular flexibility index (Phi) is 66.7. The van der Waals surface area contributed by atoms with E-state index in [-0.39, 0.29) is 31.1 Å². The summed E-state index contributed by atoms with van der Waals surface area (Å²) in [5.41, 5.74) is 0. The van der Waals surface area contributed by atoms with Gasteiger partial charge in [0, 0.05) is 19.3 Å². The average molecular weight is 1140 g/mol. The van der Waals surface area contributed by atoms with E-state index in [4.69, 9.17) is 14.2 Å². The van der Waals surface area contributed by atoms with Crippen molar-refractivity contribution in [3.8, 4) is 0 Å². The van der Waals surface area contributed by atoms with Gasteiger partial charge in [-0.2, -0.15) is 0 Å². The van der Waals surface area contributed by atoms with Gasteiger partial charge in [-0.25, -0.2) is 0 Å². The van der Waals surface area contributed by atoms with E-state index in [1.54, 1.807) is 0 Å². The molecule has 0 aromatic carbocycles. The topological polar surface area (TPSA) is 78.9 Å². The van der Waals surface area contributed by atoms with Crippen LogP contribution in [0.2, 0.25) is 0 Å². The lowest BCUT2D eigenvalue weighted by molar-refractivity contribution is -0.167. The Morgan fingerprint density at radius 1 is 0.256 bits per heavy atom. The lowest BCUT2D eigenvalue weighted by Gasteiger charge is -2.18. The summed E-state index contributed by atoms with van der Waals surface area (Å²) in [6, 6.07) is 0. The number of rotatable bonds is 64. The lowest BCUT2D eigenvalue weighted by Crippen LogP contribution is -2.30. The van der Waals surface area contributed by atoms with Crippen LogP contribution in [0, 0.1) is 0 Å². The highest BCUT2D eigenvalue weighted by atomic mass is 16.6. The minimum absolute atomic E-state index is 0.0861. The first-order chi connectivity index (χ1) is 40.5. The third-order valence-corrected chi connectivity index (χ3v) is 15.3. The number of allylic oxidation sites excluding steroid dienone is 16. The Morgan fingerprint density at radius 3 is 0.756 bits per heavy atom. The maximum atomic E-state index is 12.9. The molecule has 82 heavy (non-hydrogen) atoms. The van der Waals surface area contributed by atoms with Crippen molar-refractivity contribution in [1.29, 1.82) is 0 Å². The van der Waals surface area contributed by atoms with Gasteiger partial charge in [0.2, 0.25) is 0 Å². The molecule has 472 valence electrons. The largest absolute Gasteiger partial charge is 0.462 e. The second-order valence-electron chi connectivity index (χ2n) is 23.4. The molecule has 0 aromatic heterocycles. The van der Waals surface area contributed by atoms with Gasteiger partial charge in [-0.3, -0.25) is 14.4 Å². The van der Waals surface area contributed by atoms with Crippen LogP contribution in [0.5, 0.6) is 0 Å². The molecule has 0 aliphatic heterocycles. The molecule has 0 aliphatic carbocycles. The Hall–Kier alpha value is -3.67. The summed E-state index contributed by atoms with van der Waals surface area (Å²) < 4.78 is 17.0. The van der Waals surface area contributed by atoms with Crippen molar-refractivity contribution in [3.63, 3.8) is 0 Å². The van der Waals surface area contributed by atoms with Crippen molar-refractivity contribution in [2.75, 3.05) is 13.2 Å². The highest BCUT2D eigenvalue weighted by Gasteiger charge is 2.19. The third-order valence-electron chi connectivity index (χ3n) is 15.3. The summed E-state index contributed by atoms with van der Waals surface area (Å²) in [5, 5.41) is 0. The monoisotopic (exact) mass is 1140 g/mol. The average Bonchev–Trinajstić information content (AvgIpc) is 3.47. The molecule has 0 aromatic rings. The van der Waals surface area contributed by atoms with Crippen LogP contribution in [0.3, 0.4) is 0 Å². The summed E-state index contributed by atoms with van der Waals surface area (Å²) in [6.45, 7) is 6.52. The number of unbranched alkanes of at least 4 members (excludes halogenated alkanes) is 37. The summed E-state index contributed by atoms with van der Waals surface area (Å²) in [6.07, 6.45) is 94.3. The van der Waals surface area contributed by atoms with Crippen molar-refractivity contribution in [1.82, 2.24) is 0 Å². The van der Waals surface area contributed by atoms with E-state index in [9.17, 15) is 14.4 Å². The Morgan fingerprint density at radius 2 is 0.476 bits per heavy atom. The molecule has 6 heteroatoms. The van der Waals surface area contributed by atoms with Crippen LogP contribution < -0.4 is 0 Å². The van der Waals surface area contributed by atoms with E-state index in [1.807, 2.05) is 0 Å². The first-order valence-corrected chi connectivity index (χ1v) is 35.2. The Bertz CT molecular complexity index is 1590. The quantitative estimate of drug-likeness (QED) is 0.0261. The van der Waals surface area contributed by atoms with E-state index < -0.39 is 6.10 Å². The molecule has 6 nitrogen and oxygen atoms in total. The normalized spacial score (nSPS) is 12.7. The maximum Gasteiger partial charge on any atom is 0.306 e. The fraction of sp³-hybridized carbons (Fsp3) is 0.750. The lowest BCUT2D eigenvalue weighted by atomic mass is 10.0. The highest BCUT2D eigenvalue weighted by molar-refractivity contribution is 5.71. The van der Waals surface area contributed by atoms with Crippen molar-refractivity contribution >= 4 is 17.9 Å². The first-order valence-electron chi connectivity index (χ1n) is 35.2. The van der Waals surface area contributed by atoms with Crippen LogP contribution in [0.1, 0.15) is 348 Å². The second kappa shape index (κ2) is 69.8. The van der Waals surface area contributed by atoms with Gasteiger partial charge in [-0.1, -0.05) is 304 Å². The van der Waals surface area contributed by atoms with Crippen molar-refractivity contribution in [2.24, 2.45) is 0 Å². The molecule has 0 radical (unpaired) electrons. The van der Waals surface area contributed by atoms with Gasteiger partial charge in [0.15, 0.2) is 6.10 Å². The Labute approximate surface area is 508 Å². The summed E-state index contributed by atoms with van der Waals surface area (Å²) >= 11 is 0. The SMILES string of the molecule is CC/C=C\C/C=C\C/C=C\C/C=C\CCCCCCCCC(=O)OC(COC(=O)CCCCCCC/C=C\C/C=C\CCCCCC)COC(=O)CCCCCCCCCCCCCCCCCCC/C=C\C/C=C\CCCCCCC. The van der Waals surface area contributed by atoms with Gasteiger partial charge in [-0.15, -0.1) is 0 Å². The molecular weight excluding hydrogens is 1010 g/mol. The zero-order valence-electron chi connectivity index (χ0n) is 54.2. The third kappa shape index (κ3) is 67.1. The van der Waals surface area contributed by atoms with Crippen LogP contribution in [0.4, 0.5) is 0 Å². The van der Waals surface area contributed by atoms with E-state index in [1.165, 1.54) is 186 Å². The molecule has 0 rings (SSSR count). The molecule has 1 unspecified atom stereocenters. The van der Waals surface area contributed by atoms with Gasteiger partial charge in [0.05, 0.1) is 0 Å². The second-order valence-corrected chi connectivity index (χ2v) is 23.4. The molecule has 0 aliphatic rings. The molecule has 0 N–H and O–H groups in total. The summed E-state index contributed by atoms with van der Waals surface area (Å²) in [7, 11) is 0. The van der Waals surface area contributed by atoms with Crippen LogP contribution in [0.15, 0.2) is 97.2 Å². The highest BCUT2D eigenvalue weighted by Crippen LogP contribution is 2.17. The van der Waals surface area contributed by atoms with Crippen molar-refractivity contribution in [2.45, 2.75) is 354 Å². The number of ether oxygens (including phenoxy) is 3. The minimum atomic E-state index is -0.793. The summed E-state index contributed by atoms with van der Waals surface area (Å²) in [4.78, 5) is 38.4. The Balaban J connectivity index is 4.30. The molecular formula is C76H132O6. The number of esters is 3. The van der Waals surface area contributed by atoms with Gasteiger partial charge in [0.1, 0.15) is 13.2 Å². The molecule has 0 bridgehead atoms. The molecule has 1 atom stereocenters. The molecule has 0 fully saturated rings. The van der Waals surface area contributed by atoms with Crippen LogP contribution in [-0.2, 0) is 28.6 Å². The molecule has 0 saturated carbocycles. The van der Waals surface area contributed by atoms with E-state index in [2.05, 4.69) is 118 Å². The maximum absolute atomic E-state index is 12.9.